The molecule has 0 aliphatic heterocycles. The second-order valence-corrected chi connectivity index (χ2v) is 30.2. The zero-order valence-corrected chi connectivity index (χ0v) is 61.6. The molecule has 0 spiro atoms. The van der Waals surface area contributed by atoms with Crippen molar-refractivity contribution in [1.82, 2.24) is 0 Å². The van der Waals surface area contributed by atoms with Gasteiger partial charge in [0.1, 0.15) is 19.3 Å². The highest BCUT2D eigenvalue weighted by molar-refractivity contribution is 7.47. The Morgan fingerprint density at radius 1 is 0.293 bits per heavy atom. The summed E-state index contributed by atoms with van der Waals surface area (Å²) in [4.78, 5) is 72.5. The highest BCUT2D eigenvalue weighted by atomic mass is 31.2. The van der Waals surface area contributed by atoms with Crippen LogP contribution in [0.1, 0.15) is 375 Å². The summed E-state index contributed by atoms with van der Waals surface area (Å²) in [5.41, 5.74) is 0. The van der Waals surface area contributed by atoms with E-state index in [1.54, 1.807) is 0 Å². The van der Waals surface area contributed by atoms with Crippen molar-refractivity contribution in [1.29, 1.82) is 0 Å². The van der Waals surface area contributed by atoms with E-state index in [0.717, 1.165) is 95.8 Å². The van der Waals surface area contributed by atoms with Gasteiger partial charge in [-0.25, -0.2) is 9.13 Å². The van der Waals surface area contributed by atoms with Crippen LogP contribution in [0.2, 0.25) is 0 Å². The molecule has 0 radical (unpaired) electrons. The molecule has 19 heteroatoms. The summed E-state index contributed by atoms with van der Waals surface area (Å²) in [6.45, 7) is 9.50. The first-order valence-corrected chi connectivity index (χ1v) is 41.0. The number of hydrogen-bond donors (Lipinski definition) is 3. The molecular formula is C73H142O17P2. The molecule has 0 heterocycles. The fourth-order valence-corrected chi connectivity index (χ4v) is 12.7. The van der Waals surface area contributed by atoms with E-state index in [1.807, 2.05) is 0 Å². The van der Waals surface area contributed by atoms with Gasteiger partial charge in [-0.15, -0.1) is 0 Å². The van der Waals surface area contributed by atoms with Gasteiger partial charge in [-0.05, 0) is 37.5 Å². The molecule has 0 saturated carbocycles. The lowest BCUT2D eigenvalue weighted by Crippen LogP contribution is -2.30. The number of carbonyl (C=O) groups excluding carboxylic acids is 4. The van der Waals surface area contributed by atoms with Crippen LogP contribution in [0.5, 0.6) is 0 Å². The minimum Gasteiger partial charge on any atom is -0.462 e. The number of aliphatic hydroxyl groups excluding tert-OH is 1. The van der Waals surface area contributed by atoms with Crippen molar-refractivity contribution in [3.05, 3.63) is 0 Å². The Bertz CT molecular complexity index is 1790. The van der Waals surface area contributed by atoms with Crippen LogP contribution in [0.15, 0.2) is 0 Å². The van der Waals surface area contributed by atoms with Crippen molar-refractivity contribution in [3.8, 4) is 0 Å². The van der Waals surface area contributed by atoms with Gasteiger partial charge < -0.3 is 33.8 Å². The van der Waals surface area contributed by atoms with Gasteiger partial charge in [0.25, 0.3) is 0 Å². The maximum Gasteiger partial charge on any atom is 0.472 e. The van der Waals surface area contributed by atoms with Gasteiger partial charge >= 0.3 is 39.5 Å². The van der Waals surface area contributed by atoms with E-state index in [4.69, 9.17) is 37.0 Å². The molecule has 546 valence electrons. The largest absolute Gasteiger partial charge is 0.472 e. The molecule has 0 aliphatic carbocycles. The van der Waals surface area contributed by atoms with Crippen LogP contribution in [0.25, 0.3) is 0 Å². The first kappa shape index (κ1) is 90.1. The Kier molecular flexibility index (Phi) is 63.7. The lowest BCUT2D eigenvalue weighted by molar-refractivity contribution is -0.161. The summed E-state index contributed by atoms with van der Waals surface area (Å²) in [6.07, 6.45) is 51.6. The first-order valence-electron chi connectivity index (χ1n) is 38.0. The van der Waals surface area contributed by atoms with Gasteiger partial charge in [0.05, 0.1) is 26.4 Å². The van der Waals surface area contributed by atoms with Crippen LogP contribution in [-0.2, 0) is 65.4 Å². The monoisotopic (exact) mass is 1350 g/mol. The third-order valence-electron chi connectivity index (χ3n) is 17.0. The van der Waals surface area contributed by atoms with Crippen molar-refractivity contribution in [3.63, 3.8) is 0 Å². The molecule has 0 amide bonds. The molecule has 0 saturated heterocycles. The van der Waals surface area contributed by atoms with Crippen LogP contribution in [0.4, 0.5) is 0 Å². The van der Waals surface area contributed by atoms with E-state index in [1.165, 1.54) is 193 Å². The Labute approximate surface area is 562 Å². The standard InChI is InChI=1S/C73H142O17P2/c1-7-9-11-13-15-17-18-19-22-26-29-33-37-44-50-56-71(76)84-61-68(89-72(77)57-51-45-38-34-30-27-24-21-20-23-25-28-32-35-41-47-53-65(3)4)63-87-91(79,80)85-59-67(74)60-86-92(81,82)88-64-69(90-73(78)58-52-46-40-39-42-48-54-66(5)6)62-83-70(75)55-49-43-36-31-16-14-12-10-8-2/h65-69,74H,7-64H2,1-6H3,(H,79,80)(H,81,82)/t67-,68-,69-/m1/s1. The Hall–Kier alpha value is -1.94. The minimum atomic E-state index is -4.95. The summed E-state index contributed by atoms with van der Waals surface area (Å²) in [6, 6.07) is 0. The highest BCUT2D eigenvalue weighted by Crippen LogP contribution is 2.45. The number of esters is 4. The fourth-order valence-electron chi connectivity index (χ4n) is 11.1. The Balaban J connectivity index is 5.19. The number of unbranched alkanes of at least 4 members (excludes halogenated alkanes) is 42. The highest BCUT2D eigenvalue weighted by Gasteiger charge is 2.30. The van der Waals surface area contributed by atoms with Crippen molar-refractivity contribution < 1.29 is 80.2 Å². The molecule has 92 heavy (non-hydrogen) atoms. The zero-order valence-electron chi connectivity index (χ0n) is 59.9. The first-order chi connectivity index (χ1) is 44.4. The van der Waals surface area contributed by atoms with Crippen LogP contribution in [-0.4, -0.2) is 96.7 Å². The average molecular weight is 1350 g/mol. The number of phosphoric ester groups is 2. The summed E-state index contributed by atoms with van der Waals surface area (Å²) in [5.74, 6) is -0.646. The Morgan fingerprint density at radius 2 is 0.500 bits per heavy atom. The maximum atomic E-state index is 13.1. The van der Waals surface area contributed by atoms with Gasteiger partial charge in [0.2, 0.25) is 0 Å². The average Bonchev–Trinajstić information content (AvgIpc) is 1.93. The predicted octanol–water partition coefficient (Wildman–Crippen LogP) is 21.2. The second kappa shape index (κ2) is 65.0. The van der Waals surface area contributed by atoms with Crippen LogP contribution < -0.4 is 0 Å². The number of aliphatic hydroxyl groups is 1. The fraction of sp³-hybridized carbons (Fsp3) is 0.945. The van der Waals surface area contributed by atoms with E-state index in [9.17, 15) is 43.2 Å². The van der Waals surface area contributed by atoms with Crippen LogP contribution >= 0.6 is 15.6 Å². The van der Waals surface area contributed by atoms with E-state index in [2.05, 4.69) is 41.5 Å². The van der Waals surface area contributed by atoms with Crippen LogP contribution in [0, 0.1) is 11.8 Å². The van der Waals surface area contributed by atoms with Crippen molar-refractivity contribution in [2.24, 2.45) is 11.8 Å². The zero-order chi connectivity index (χ0) is 67.9. The molecule has 17 nitrogen and oxygen atoms in total. The molecule has 0 rings (SSSR count). The summed E-state index contributed by atoms with van der Waals surface area (Å²) in [5, 5.41) is 10.6. The van der Waals surface area contributed by atoms with Crippen molar-refractivity contribution in [2.45, 2.75) is 394 Å². The summed E-state index contributed by atoms with van der Waals surface area (Å²) in [7, 11) is -9.90. The molecule has 0 aliphatic rings. The van der Waals surface area contributed by atoms with Crippen molar-refractivity contribution in [2.75, 3.05) is 39.6 Å². The molecule has 0 aromatic carbocycles. The quantitative estimate of drug-likeness (QED) is 0.0222. The third kappa shape index (κ3) is 66.7. The lowest BCUT2D eigenvalue weighted by Gasteiger charge is -2.21. The molecule has 0 aromatic rings. The Morgan fingerprint density at radius 3 is 0.739 bits per heavy atom. The maximum absolute atomic E-state index is 13.1. The van der Waals surface area contributed by atoms with Gasteiger partial charge in [0.15, 0.2) is 12.2 Å². The van der Waals surface area contributed by atoms with Gasteiger partial charge in [-0.3, -0.25) is 37.3 Å². The van der Waals surface area contributed by atoms with E-state index in [-0.39, 0.29) is 25.7 Å². The SMILES string of the molecule is CCCCCCCCCCCCCCCCCC(=O)OC[C@H](COP(=O)(O)OC[C@@H](O)COP(=O)(O)OC[C@@H](COC(=O)CCCCCCCCCCC)OC(=O)CCCCCCCCC(C)C)OC(=O)CCCCCCCCCCCCCCCCCCC(C)C. The summed E-state index contributed by atoms with van der Waals surface area (Å²) < 4.78 is 68.3. The van der Waals surface area contributed by atoms with E-state index < -0.39 is 97.5 Å². The van der Waals surface area contributed by atoms with Gasteiger partial charge in [0, 0.05) is 25.7 Å². The third-order valence-corrected chi connectivity index (χ3v) is 18.9. The number of carbonyl (C=O) groups is 4. The van der Waals surface area contributed by atoms with E-state index >= 15 is 0 Å². The molecule has 0 bridgehead atoms. The topological polar surface area (TPSA) is 237 Å². The number of rotatable bonds is 72. The number of ether oxygens (including phenoxy) is 4. The van der Waals surface area contributed by atoms with Crippen molar-refractivity contribution >= 4 is 39.5 Å². The normalized spacial score (nSPS) is 14.1. The summed E-state index contributed by atoms with van der Waals surface area (Å²) >= 11 is 0. The molecule has 3 N–H and O–H groups in total. The smallest absolute Gasteiger partial charge is 0.462 e. The molecule has 2 unspecified atom stereocenters. The van der Waals surface area contributed by atoms with E-state index in [0.29, 0.717) is 31.6 Å². The molecule has 5 atom stereocenters. The van der Waals surface area contributed by atoms with Gasteiger partial charge in [-0.1, -0.05) is 324 Å². The minimum absolute atomic E-state index is 0.102. The van der Waals surface area contributed by atoms with Crippen LogP contribution in [0.3, 0.4) is 0 Å². The second-order valence-electron chi connectivity index (χ2n) is 27.3. The number of hydrogen-bond acceptors (Lipinski definition) is 15. The number of phosphoric acid groups is 2. The molecule has 0 aromatic heterocycles. The molecular weight excluding hydrogens is 1210 g/mol. The predicted molar refractivity (Wildman–Crippen MR) is 372 cm³/mol. The van der Waals surface area contributed by atoms with Gasteiger partial charge in [-0.2, -0.15) is 0 Å². The molecule has 0 fully saturated rings. The lowest BCUT2D eigenvalue weighted by atomic mass is 10.0.